The number of hydrogen-bond donors (Lipinski definition) is 1. The average Bonchev–Trinajstić information content (AvgIpc) is 2.78. The molecule has 6 nitrogen and oxygen atoms in total. The van der Waals surface area contributed by atoms with Crippen molar-refractivity contribution in [2.24, 2.45) is 5.92 Å². The number of carbonyl (C=O) groups excluding carboxylic acids is 2. The molecule has 1 aromatic heterocycles. The van der Waals surface area contributed by atoms with Crippen LogP contribution in [0.25, 0.3) is 0 Å². The SMILES string of the molecule is Cc1nc(NC(=O)C2CCCN(C)C2)sc1C(=O)N(C)C. The van der Waals surface area contributed by atoms with Gasteiger partial charge >= 0.3 is 0 Å². The van der Waals surface area contributed by atoms with Gasteiger partial charge in [-0.25, -0.2) is 4.98 Å². The van der Waals surface area contributed by atoms with Crippen molar-refractivity contribution in [1.82, 2.24) is 14.8 Å². The van der Waals surface area contributed by atoms with Crippen LogP contribution in [-0.2, 0) is 4.79 Å². The van der Waals surface area contributed by atoms with Gasteiger partial charge in [-0.2, -0.15) is 0 Å². The standard InChI is InChI=1S/C14H22N4O2S/c1-9-11(13(20)17(2)3)21-14(15-9)16-12(19)10-6-5-7-18(4)8-10/h10H,5-8H2,1-4H3,(H,15,16,19). The van der Waals surface area contributed by atoms with Gasteiger partial charge in [0, 0.05) is 20.6 Å². The Kier molecular flexibility index (Phi) is 4.95. The summed E-state index contributed by atoms with van der Waals surface area (Å²) in [5, 5.41) is 3.37. The predicted molar refractivity (Wildman–Crippen MR) is 83.7 cm³/mol. The fourth-order valence-electron chi connectivity index (χ4n) is 2.44. The summed E-state index contributed by atoms with van der Waals surface area (Å²) in [4.78, 5) is 32.8. The third kappa shape index (κ3) is 3.79. The number of rotatable bonds is 3. The first-order valence-corrected chi connectivity index (χ1v) is 7.88. The number of anilines is 1. The van der Waals surface area contributed by atoms with E-state index < -0.39 is 0 Å². The Morgan fingerprint density at radius 3 is 2.76 bits per heavy atom. The third-order valence-electron chi connectivity index (χ3n) is 3.62. The predicted octanol–water partition coefficient (Wildman–Crippen LogP) is 1.43. The molecule has 2 rings (SSSR count). The maximum Gasteiger partial charge on any atom is 0.265 e. The lowest BCUT2D eigenvalue weighted by molar-refractivity contribution is -0.121. The molecule has 0 saturated carbocycles. The van der Waals surface area contributed by atoms with E-state index in [4.69, 9.17) is 0 Å². The van der Waals surface area contributed by atoms with Crippen LogP contribution in [0, 0.1) is 12.8 Å². The van der Waals surface area contributed by atoms with Gasteiger partial charge in [0.25, 0.3) is 5.91 Å². The first-order valence-electron chi connectivity index (χ1n) is 7.07. The number of nitrogens with zero attached hydrogens (tertiary/aromatic N) is 3. The van der Waals surface area contributed by atoms with Crippen LogP contribution in [0.5, 0.6) is 0 Å². The van der Waals surface area contributed by atoms with Crippen LogP contribution in [0.2, 0.25) is 0 Å². The lowest BCUT2D eigenvalue weighted by Crippen LogP contribution is -2.38. The highest BCUT2D eigenvalue weighted by atomic mass is 32.1. The molecule has 1 saturated heterocycles. The molecular formula is C14H22N4O2S. The van der Waals surface area contributed by atoms with Crippen LogP contribution in [0.4, 0.5) is 5.13 Å². The minimum Gasteiger partial charge on any atom is -0.344 e. The fourth-order valence-corrected chi connectivity index (χ4v) is 3.43. The Labute approximate surface area is 129 Å². The van der Waals surface area contributed by atoms with Crippen LogP contribution in [-0.4, -0.2) is 60.8 Å². The van der Waals surface area contributed by atoms with Crippen molar-refractivity contribution in [2.45, 2.75) is 19.8 Å². The molecule has 21 heavy (non-hydrogen) atoms. The second-order valence-corrected chi connectivity index (χ2v) is 6.72. The molecule has 1 fully saturated rings. The molecule has 1 aromatic rings. The van der Waals surface area contributed by atoms with E-state index in [0.717, 1.165) is 25.9 Å². The second kappa shape index (κ2) is 6.53. The maximum atomic E-state index is 12.3. The smallest absolute Gasteiger partial charge is 0.265 e. The van der Waals surface area contributed by atoms with Gasteiger partial charge in [-0.15, -0.1) is 0 Å². The summed E-state index contributed by atoms with van der Waals surface area (Å²) in [6.07, 6.45) is 1.94. The van der Waals surface area contributed by atoms with Crippen molar-refractivity contribution in [3.8, 4) is 0 Å². The number of thiazole rings is 1. The summed E-state index contributed by atoms with van der Waals surface area (Å²) in [7, 11) is 5.44. The number of aryl methyl sites for hydroxylation is 1. The quantitative estimate of drug-likeness (QED) is 0.917. The molecule has 2 heterocycles. The number of likely N-dealkylation sites (tertiary alicyclic amines) is 1. The highest BCUT2D eigenvalue weighted by molar-refractivity contribution is 7.17. The Bertz CT molecular complexity index is 541. The van der Waals surface area contributed by atoms with Crippen molar-refractivity contribution in [3.05, 3.63) is 10.6 Å². The number of hydrogen-bond acceptors (Lipinski definition) is 5. The molecule has 1 N–H and O–H groups in total. The monoisotopic (exact) mass is 310 g/mol. The third-order valence-corrected chi connectivity index (χ3v) is 4.68. The molecule has 1 atom stereocenters. The van der Waals surface area contributed by atoms with Gasteiger partial charge < -0.3 is 15.1 Å². The van der Waals surface area contributed by atoms with Crippen LogP contribution in [0.15, 0.2) is 0 Å². The molecule has 0 bridgehead atoms. The number of aromatic nitrogens is 1. The van der Waals surface area contributed by atoms with Crippen molar-refractivity contribution >= 4 is 28.3 Å². The van der Waals surface area contributed by atoms with Crippen LogP contribution in [0.1, 0.15) is 28.2 Å². The molecule has 116 valence electrons. The molecule has 2 amide bonds. The summed E-state index contributed by atoms with van der Waals surface area (Å²) >= 11 is 1.24. The van der Waals surface area contributed by atoms with Crippen molar-refractivity contribution in [2.75, 3.05) is 39.5 Å². The Balaban J connectivity index is 2.04. The minimum atomic E-state index is -0.0806. The first-order chi connectivity index (χ1) is 9.88. The van der Waals surface area contributed by atoms with E-state index in [1.54, 1.807) is 21.0 Å². The lowest BCUT2D eigenvalue weighted by Gasteiger charge is -2.28. The Morgan fingerprint density at radius 1 is 1.43 bits per heavy atom. The lowest BCUT2D eigenvalue weighted by atomic mass is 9.98. The molecule has 0 aliphatic carbocycles. The summed E-state index contributed by atoms with van der Waals surface area (Å²) < 4.78 is 0. The summed E-state index contributed by atoms with van der Waals surface area (Å²) in [5.74, 6) is -0.0805. The zero-order valence-corrected chi connectivity index (χ0v) is 13.8. The van der Waals surface area contributed by atoms with Gasteiger partial charge in [-0.05, 0) is 33.4 Å². The van der Waals surface area contributed by atoms with E-state index in [1.807, 2.05) is 7.05 Å². The number of nitrogens with one attached hydrogen (secondary N) is 1. The van der Waals surface area contributed by atoms with Crippen LogP contribution >= 0.6 is 11.3 Å². The maximum absolute atomic E-state index is 12.3. The van der Waals surface area contributed by atoms with E-state index in [2.05, 4.69) is 15.2 Å². The van der Waals surface area contributed by atoms with E-state index in [9.17, 15) is 9.59 Å². The zero-order chi connectivity index (χ0) is 15.6. The topological polar surface area (TPSA) is 65.5 Å². The highest BCUT2D eigenvalue weighted by Crippen LogP contribution is 2.25. The van der Waals surface area contributed by atoms with Crippen molar-refractivity contribution in [3.63, 3.8) is 0 Å². The van der Waals surface area contributed by atoms with E-state index in [-0.39, 0.29) is 17.7 Å². The number of amides is 2. The summed E-state index contributed by atoms with van der Waals surface area (Å²) in [6, 6.07) is 0. The Hall–Kier alpha value is -1.47. The second-order valence-electron chi connectivity index (χ2n) is 5.72. The normalized spacial score (nSPS) is 19.3. The van der Waals surface area contributed by atoms with Gasteiger partial charge in [0.15, 0.2) is 5.13 Å². The number of carbonyl (C=O) groups is 2. The van der Waals surface area contributed by atoms with Gasteiger partial charge in [0.1, 0.15) is 4.88 Å². The van der Waals surface area contributed by atoms with Gasteiger partial charge in [0.2, 0.25) is 5.91 Å². The molecule has 0 radical (unpaired) electrons. The zero-order valence-electron chi connectivity index (χ0n) is 13.0. The molecule has 0 aromatic carbocycles. The summed E-state index contributed by atoms with van der Waals surface area (Å²) in [5.41, 5.74) is 0.662. The van der Waals surface area contributed by atoms with E-state index in [1.165, 1.54) is 16.2 Å². The van der Waals surface area contributed by atoms with Crippen LogP contribution < -0.4 is 5.32 Å². The van der Waals surface area contributed by atoms with E-state index in [0.29, 0.717) is 15.7 Å². The van der Waals surface area contributed by atoms with Gasteiger partial charge in [-0.1, -0.05) is 11.3 Å². The van der Waals surface area contributed by atoms with Crippen LogP contribution in [0.3, 0.4) is 0 Å². The molecule has 1 aliphatic heterocycles. The molecule has 1 unspecified atom stereocenters. The first kappa shape index (κ1) is 15.9. The van der Waals surface area contributed by atoms with Crippen molar-refractivity contribution in [1.29, 1.82) is 0 Å². The number of piperidine rings is 1. The fraction of sp³-hybridized carbons (Fsp3) is 0.643. The average molecular weight is 310 g/mol. The molecule has 0 spiro atoms. The molecular weight excluding hydrogens is 288 g/mol. The largest absolute Gasteiger partial charge is 0.344 e. The molecule has 1 aliphatic rings. The summed E-state index contributed by atoms with van der Waals surface area (Å²) in [6.45, 7) is 3.61. The highest BCUT2D eigenvalue weighted by Gasteiger charge is 2.25. The van der Waals surface area contributed by atoms with Gasteiger partial charge in [-0.3, -0.25) is 9.59 Å². The van der Waals surface area contributed by atoms with Crippen molar-refractivity contribution < 1.29 is 9.59 Å². The molecule has 7 heteroatoms. The Morgan fingerprint density at radius 2 is 2.14 bits per heavy atom. The van der Waals surface area contributed by atoms with E-state index >= 15 is 0 Å². The van der Waals surface area contributed by atoms with Gasteiger partial charge in [0.05, 0.1) is 11.6 Å². The minimum absolute atomic E-state index is 0.000785.